The summed E-state index contributed by atoms with van der Waals surface area (Å²) in [5, 5.41) is 7.27. The third kappa shape index (κ3) is 3.16. The molecule has 6 nitrogen and oxygen atoms in total. The Morgan fingerprint density at radius 2 is 1.85 bits per heavy atom. The highest BCUT2D eigenvalue weighted by Gasteiger charge is 2.15. The largest absolute Gasteiger partial charge is 0.322 e. The van der Waals surface area contributed by atoms with Crippen molar-refractivity contribution in [1.82, 2.24) is 4.98 Å². The first kappa shape index (κ1) is 14.1. The zero-order chi connectivity index (χ0) is 14.8. The minimum Gasteiger partial charge on any atom is -0.322 e. The smallest absolute Gasteiger partial charge is 0.255 e. The first-order valence-corrected chi connectivity index (χ1v) is 6.96. The van der Waals surface area contributed by atoms with Gasteiger partial charge in [0.15, 0.2) is 0 Å². The number of rotatable bonds is 3. The number of carbonyl (C=O) groups is 1. The maximum atomic E-state index is 13.6. The van der Waals surface area contributed by atoms with Crippen molar-refractivity contribution in [2.45, 2.75) is 4.90 Å². The fourth-order valence-electron chi connectivity index (χ4n) is 1.52. The Bertz CT molecular complexity index is 748. The second-order valence-electron chi connectivity index (χ2n) is 3.88. The van der Waals surface area contributed by atoms with Gasteiger partial charge in [-0.2, -0.15) is 0 Å². The van der Waals surface area contributed by atoms with Crippen molar-refractivity contribution < 1.29 is 17.6 Å². The van der Waals surface area contributed by atoms with Crippen molar-refractivity contribution >= 4 is 21.6 Å². The molecule has 0 spiro atoms. The molecular formula is C12H10FN3O3S. The molecule has 0 unspecified atom stereocenters. The number of pyridine rings is 1. The number of anilines is 1. The van der Waals surface area contributed by atoms with E-state index < -0.39 is 26.6 Å². The van der Waals surface area contributed by atoms with Crippen LogP contribution in [0.1, 0.15) is 10.4 Å². The number of benzene rings is 1. The molecule has 0 saturated carbocycles. The molecule has 8 heteroatoms. The standard InChI is InChI=1S/C12H10FN3O3S/c13-10-7-9(1-2-11(10)20(14,18)19)16-12(17)8-3-5-15-6-4-8/h1-7H,(H,16,17)(H2,14,18,19). The van der Waals surface area contributed by atoms with Crippen LogP contribution < -0.4 is 10.5 Å². The van der Waals surface area contributed by atoms with Crippen molar-refractivity contribution in [2.24, 2.45) is 5.14 Å². The first-order valence-electron chi connectivity index (χ1n) is 5.41. The number of nitrogens with one attached hydrogen (secondary N) is 1. The quantitative estimate of drug-likeness (QED) is 0.885. The van der Waals surface area contributed by atoms with E-state index in [0.29, 0.717) is 5.56 Å². The highest BCUT2D eigenvalue weighted by atomic mass is 32.2. The van der Waals surface area contributed by atoms with Gasteiger partial charge < -0.3 is 5.32 Å². The highest BCUT2D eigenvalue weighted by molar-refractivity contribution is 7.89. The topological polar surface area (TPSA) is 102 Å². The lowest BCUT2D eigenvalue weighted by Crippen LogP contribution is -2.15. The molecule has 3 N–H and O–H groups in total. The van der Waals surface area contributed by atoms with Gasteiger partial charge in [-0.1, -0.05) is 0 Å². The summed E-state index contributed by atoms with van der Waals surface area (Å²) in [5.41, 5.74) is 0.465. The number of hydrogen-bond donors (Lipinski definition) is 2. The maximum absolute atomic E-state index is 13.6. The lowest BCUT2D eigenvalue weighted by atomic mass is 10.2. The van der Waals surface area contributed by atoms with E-state index in [1.807, 2.05) is 0 Å². The van der Waals surface area contributed by atoms with Gasteiger partial charge in [-0.15, -0.1) is 0 Å². The number of nitrogens with two attached hydrogens (primary N) is 1. The van der Waals surface area contributed by atoms with Gasteiger partial charge in [0, 0.05) is 23.6 Å². The van der Waals surface area contributed by atoms with Crippen LogP contribution in [0.5, 0.6) is 0 Å². The molecule has 104 valence electrons. The van der Waals surface area contributed by atoms with Crippen LogP contribution in [0.2, 0.25) is 0 Å². The van der Waals surface area contributed by atoms with Crippen molar-refractivity contribution in [3.05, 3.63) is 54.1 Å². The molecule has 0 saturated heterocycles. The van der Waals surface area contributed by atoms with Crippen LogP contribution in [0.4, 0.5) is 10.1 Å². The fraction of sp³-hybridized carbons (Fsp3) is 0. The number of primary sulfonamides is 1. The molecule has 0 fully saturated rings. The second-order valence-corrected chi connectivity index (χ2v) is 5.41. The van der Waals surface area contributed by atoms with Gasteiger partial charge in [0.25, 0.3) is 5.91 Å². The van der Waals surface area contributed by atoms with Crippen molar-refractivity contribution in [3.63, 3.8) is 0 Å². The average Bonchev–Trinajstić information content (AvgIpc) is 2.38. The molecule has 20 heavy (non-hydrogen) atoms. The number of nitrogens with zero attached hydrogens (tertiary/aromatic N) is 1. The van der Waals surface area contributed by atoms with E-state index in [4.69, 9.17) is 5.14 Å². The molecule has 0 aliphatic heterocycles. The summed E-state index contributed by atoms with van der Waals surface area (Å²) in [6.07, 6.45) is 2.89. The Morgan fingerprint density at radius 1 is 1.20 bits per heavy atom. The number of hydrogen-bond acceptors (Lipinski definition) is 4. The normalized spacial score (nSPS) is 11.1. The van der Waals surface area contributed by atoms with Gasteiger partial charge in [-0.25, -0.2) is 17.9 Å². The highest BCUT2D eigenvalue weighted by Crippen LogP contribution is 2.18. The van der Waals surface area contributed by atoms with E-state index in [0.717, 1.165) is 12.1 Å². The monoisotopic (exact) mass is 295 g/mol. The summed E-state index contributed by atoms with van der Waals surface area (Å²) in [6.45, 7) is 0. The summed E-state index contributed by atoms with van der Waals surface area (Å²) in [6, 6.07) is 6.11. The molecule has 2 rings (SSSR count). The van der Waals surface area contributed by atoms with E-state index in [1.165, 1.54) is 30.6 Å². The molecule has 1 heterocycles. The molecule has 0 radical (unpaired) electrons. The molecule has 0 bridgehead atoms. The lowest BCUT2D eigenvalue weighted by Gasteiger charge is -2.07. The minimum atomic E-state index is -4.13. The first-order chi connectivity index (χ1) is 9.38. The van der Waals surface area contributed by atoms with Gasteiger partial charge >= 0.3 is 0 Å². The van der Waals surface area contributed by atoms with Crippen LogP contribution in [-0.2, 0) is 10.0 Å². The second kappa shape index (κ2) is 5.35. The van der Waals surface area contributed by atoms with E-state index in [2.05, 4.69) is 10.3 Å². The van der Waals surface area contributed by atoms with Crippen LogP contribution in [0, 0.1) is 5.82 Å². The maximum Gasteiger partial charge on any atom is 0.255 e. The van der Waals surface area contributed by atoms with Crippen LogP contribution in [0.3, 0.4) is 0 Å². The molecule has 1 aromatic heterocycles. The van der Waals surface area contributed by atoms with Gasteiger partial charge in [0.05, 0.1) is 0 Å². The Hall–Kier alpha value is -2.32. The van der Waals surface area contributed by atoms with Crippen molar-refractivity contribution in [3.8, 4) is 0 Å². The number of aromatic nitrogens is 1. The third-order valence-electron chi connectivity index (χ3n) is 2.44. The Kier molecular flexibility index (Phi) is 3.77. The van der Waals surface area contributed by atoms with Crippen molar-refractivity contribution in [1.29, 1.82) is 0 Å². The fourth-order valence-corrected chi connectivity index (χ4v) is 2.10. The number of amides is 1. The van der Waals surface area contributed by atoms with Gasteiger partial charge in [0.2, 0.25) is 10.0 Å². The van der Waals surface area contributed by atoms with Crippen LogP contribution in [0.25, 0.3) is 0 Å². The summed E-state index contributed by atoms with van der Waals surface area (Å²) in [7, 11) is -4.13. The Labute approximate surface area is 114 Å². The molecular weight excluding hydrogens is 285 g/mol. The van der Waals surface area contributed by atoms with Gasteiger partial charge in [0.1, 0.15) is 10.7 Å². The third-order valence-corrected chi connectivity index (χ3v) is 3.38. The SMILES string of the molecule is NS(=O)(=O)c1ccc(NC(=O)c2ccncc2)cc1F. The summed E-state index contributed by atoms with van der Waals surface area (Å²) in [5.74, 6) is -1.49. The Morgan fingerprint density at radius 3 is 2.40 bits per heavy atom. The lowest BCUT2D eigenvalue weighted by molar-refractivity contribution is 0.102. The zero-order valence-electron chi connectivity index (χ0n) is 10.1. The Balaban J connectivity index is 2.24. The number of halogens is 1. The zero-order valence-corrected chi connectivity index (χ0v) is 10.9. The van der Waals surface area contributed by atoms with E-state index in [9.17, 15) is 17.6 Å². The molecule has 0 atom stereocenters. The molecule has 1 amide bonds. The summed E-state index contributed by atoms with van der Waals surface area (Å²) < 4.78 is 35.7. The van der Waals surface area contributed by atoms with Gasteiger partial charge in [-0.3, -0.25) is 9.78 Å². The van der Waals surface area contributed by atoms with Crippen LogP contribution in [-0.4, -0.2) is 19.3 Å². The molecule has 0 aliphatic rings. The van der Waals surface area contributed by atoms with Crippen LogP contribution in [0.15, 0.2) is 47.6 Å². The molecule has 0 aliphatic carbocycles. The summed E-state index contributed by atoms with van der Waals surface area (Å²) in [4.78, 5) is 14.9. The van der Waals surface area contributed by atoms with E-state index >= 15 is 0 Å². The predicted molar refractivity (Wildman–Crippen MR) is 70.0 cm³/mol. The minimum absolute atomic E-state index is 0.122. The van der Waals surface area contributed by atoms with Crippen molar-refractivity contribution in [2.75, 3.05) is 5.32 Å². The predicted octanol–water partition coefficient (Wildman–Crippen LogP) is 1.12. The summed E-state index contributed by atoms with van der Waals surface area (Å²) >= 11 is 0. The van der Waals surface area contributed by atoms with E-state index in [1.54, 1.807) is 0 Å². The van der Waals surface area contributed by atoms with Gasteiger partial charge in [-0.05, 0) is 30.3 Å². The average molecular weight is 295 g/mol. The number of sulfonamides is 1. The van der Waals surface area contributed by atoms with E-state index in [-0.39, 0.29) is 5.69 Å². The molecule has 2 aromatic rings. The van der Waals surface area contributed by atoms with Crippen LogP contribution >= 0.6 is 0 Å². The molecule has 1 aromatic carbocycles. The number of carbonyl (C=O) groups excluding carboxylic acids is 1.